The Balaban J connectivity index is 0.000000119. The average Bonchev–Trinajstić information content (AvgIpc) is 1.61. The summed E-state index contributed by atoms with van der Waals surface area (Å²) in [5, 5.41) is 38.9. The normalized spacial score (nSPS) is 15.9. The second kappa shape index (κ2) is 31.2. The van der Waals surface area contributed by atoms with Crippen molar-refractivity contribution in [2.45, 2.75) is 67.3 Å². The highest BCUT2D eigenvalue weighted by Crippen LogP contribution is 2.57. The zero-order valence-corrected chi connectivity index (χ0v) is 63.4. The summed E-state index contributed by atoms with van der Waals surface area (Å²) in [5.41, 5.74) is -1.00. The number of hydrogen-bond acceptors (Lipinski definition) is 22. The van der Waals surface area contributed by atoms with Crippen molar-refractivity contribution in [3.8, 4) is 46.1 Å². The summed E-state index contributed by atoms with van der Waals surface area (Å²) in [7, 11) is 0. The number of Topliss-reactive ketones (excluding diaryl/α,β-unsaturated/α-hetero) is 1. The van der Waals surface area contributed by atoms with Crippen molar-refractivity contribution in [2.75, 3.05) is 21.3 Å². The second-order valence-electron chi connectivity index (χ2n) is 27.8. The van der Waals surface area contributed by atoms with Crippen molar-refractivity contribution in [3.05, 3.63) is 263 Å². The minimum Gasteiger partial charge on any atom is -0.370 e. The lowest BCUT2D eigenvalue weighted by Gasteiger charge is -2.31. The molecule has 2 unspecified atom stereocenters. The fraction of sp³-hybridized carbons (Fsp3) is 0.138. The highest BCUT2D eigenvalue weighted by atomic mass is 35.5. The van der Waals surface area contributed by atoms with Crippen LogP contribution in [0.1, 0.15) is 49.3 Å². The Labute approximate surface area is 692 Å². The highest BCUT2D eigenvalue weighted by molar-refractivity contribution is 6.51. The first kappa shape index (κ1) is 81.8. The summed E-state index contributed by atoms with van der Waals surface area (Å²) in [6.45, 7) is 0.353. The van der Waals surface area contributed by atoms with Crippen LogP contribution in [0, 0.1) is 23.3 Å². The average molecular weight is 1740 g/mol. The number of amides is 4. The van der Waals surface area contributed by atoms with Crippen molar-refractivity contribution in [1.82, 2.24) is 98.9 Å². The van der Waals surface area contributed by atoms with Crippen LogP contribution in [-0.4, -0.2) is 158 Å². The number of fused-ring (bicyclic) bond motifs is 8. The molecule has 30 nitrogen and oxygen atoms in total. The maximum Gasteiger partial charge on any atom is 0.457 e. The van der Waals surface area contributed by atoms with Gasteiger partial charge in [0, 0.05) is 77.4 Å². The van der Waals surface area contributed by atoms with Gasteiger partial charge in [-0.15, -0.1) is 0 Å². The van der Waals surface area contributed by atoms with Gasteiger partial charge < -0.3 is 26.4 Å². The Morgan fingerprint density at radius 3 is 1.10 bits per heavy atom. The molecule has 4 aliphatic heterocycles. The lowest BCUT2D eigenvalue weighted by Crippen LogP contribution is -2.58. The Morgan fingerprint density at radius 2 is 0.712 bits per heavy atom. The quantitative estimate of drug-likeness (QED) is 0.0383. The molecule has 628 valence electrons. The van der Waals surface area contributed by atoms with Gasteiger partial charge in [-0.25, -0.2) is 96.1 Å². The Kier molecular flexibility index (Phi) is 20.4. The van der Waals surface area contributed by atoms with Crippen molar-refractivity contribution in [1.29, 1.82) is 0 Å². The van der Waals surface area contributed by atoms with Crippen molar-refractivity contribution in [2.24, 2.45) is 0 Å². The summed E-state index contributed by atoms with van der Waals surface area (Å²) < 4.78 is 197. The van der Waals surface area contributed by atoms with Crippen LogP contribution in [0.4, 0.5) is 84.7 Å². The van der Waals surface area contributed by atoms with Gasteiger partial charge in [0.25, 0.3) is 23.5 Å². The highest BCUT2D eigenvalue weighted by Gasteiger charge is 2.77. The topological polar surface area (TPSA) is 380 Å². The van der Waals surface area contributed by atoms with Crippen LogP contribution in [0.5, 0.6) is 0 Å². The first-order valence-corrected chi connectivity index (χ1v) is 36.9. The predicted molar refractivity (Wildman–Crippen MR) is 412 cm³/mol. The lowest BCUT2D eigenvalue weighted by molar-refractivity contribution is -0.335. The number of nitrogens with one attached hydrogen (secondary N) is 4. The Hall–Kier alpha value is -15.5. The first-order valence-electron chi connectivity index (χ1n) is 36.5. The molecule has 4 aliphatic rings. The molecule has 20 rings (SSSR count). The van der Waals surface area contributed by atoms with Gasteiger partial charge in [0.2, 0.25) is 16.4 Å². The summed E-state index contributed by atoms with van der Waals surface area (Å²) in [5.74, 6) is -18.9. The van der Waals surface area contributed by atoms with Gasteiger partial charge in [-0.2, -0.15) is 64.3 Å². The molecule has 0 radical (unpaired) electrons. The number of hydrogen-bond donors (Lipinski definition) is 5. The summed E-state index contributed by atoms with van der Waals surface area (Å²) >= 11 is 5.60. The van der Waals surface area contributed by atoms with E-state index in [-0.39, 0.29) is 95.9 Å². The van der Waals surface area contributed by atoms with Crippen LogP contribution in [-0.2, 0) is 62.3 Å². The third-order valence-electron chi connectivity index (χ3n) is 20.0. The molecule has 0 aliphatic carbocycles. The van der Waals surface area contributed by atoms with Gasteiger partial charge >= 0.3 is 24.2 Å². The van der Waals surface area contributed by atoms with E-state index >= 15 is 0 Å². The Morgan fingerprint density at radius 1 is 0.376 bits per heavy atom. The molecule has 16 aromatic rings. The molecule has 125 heavy (non-hydrogen) atoms. The van der Waals surface area contributed by atoms with Crippen LogP contribution in [0.15, 0.2) is 195 Å². The van der Waals surface area contributed by atoms with Crippen molar-refractivity contribution >= 4 is 108 Å². The standard InChI is InChI=1S/C21H11ClF6N6O.C21H12F6N6O2.C19H11FN6O2.C19H13FN6O/c22-19(20(24,25)21(26,27)28)12-8-30-16(31-15(12)32-18(19)35)14-11-5-3-7-29-17(11)34(33-14)9-10-4-1-2-6-13(10)23;22-13-6-2-1-4-10(13)9-33-17-11(5-3-7-28-17)14(32-33)16-29-8-12-15(30-16)31-18(34)19(12,35)20(23,24)21(25,26)27;20-13-6-2-1-4-10(13)9-26-18-11(5-3-7-21-18)14(25-26)17-22-8-12-15(27)19(28)24-16(12)23-17;20-14-6-2-1-4-11(14)10-26-19-13(5-3-7-21-19)16(25-26)18-22-9-12-8-15(27)23-17(12)24-18/h1-8H,9H2,(H,30,31,32,35);1-8,35H,9H2,(H,29,30,31,34);1-8H,9H2,(H,22,23,24,27,28);1-7,9H,8,10H2,(H,22,23,24,27). The summed E-state index contributed by atoms with van der Waals surface area (Å²) in [4.78, 5) is 105. The van der Waals surface area contributed by atoms with Gasteiger partial charge in [-0.1, -0.05) is 84.4 Å². The number of carbonyl (C=O) groups excluding carboxylic acids is 5. The fourth-order valence-electron chi connectivity index (χ4n) is 13.8. The number of aliphatic hydroxyl groups is 1. The van der Waals surface area contributed by atoms with E-state index in [1.54, 1.807) is 124 Å². The molecule has 12 aromatic heterocycles. The van der Waals surface area contributed by atoms with Gasteiger partial charge in [0.1, 0.15) is 69.3 Å². The van der Waals surface area contributed by atoms with E-state index in [2.05, 4.69) is 90.8 Å². The van der Waals surface area contributed by atoms with Crippen LogP contribution < -0.4 is 21.3 Å². The van der Waals surface area contributed by atoms with Gasteiger partial charge in [-0.05, 0) is 72.8 Å². The van der Waals surface area contributed by atoms with E-state index in [0.29, 0.717) is 90.9 Å². The van der Waals surface area contributed by atoms with Crippen LogP contribution in [0.3, 0.4) is 0 Å². The van der Waals surface area contributed by atoms with Crippen molar-refractivity contribution in [3.63, 3.8) is 0 Å². The molecule has 0 saturated carbocycles. The number of nitrogens with zero attached hydrogens (tertiary/aromatic N) is 20. The zero-order chi connectivity index (χ0) is 88.0. The van der Waals surface area contributed by atoms with E-state index in [1.807, 2.05) is 17.4 Å². The number of ketones is 1. The molecule has 45 heteroatoms. The molecular weight excluding hydrogens is 1690 g/mol. The van der Waals surface area contributed by atoms with Gasteiger partial charge in [0.05, 0.1) is 70.8 Å². The zero-order valence-electron chi connectivity index (χ0n) is 62.6. The van der Waals surface area contributed by atoms with E-state index in [9.17, 15) is 90.5 Å². The molecule has 5 N–H and O–H groups in total. The number of carbonyl (C=O) groups is 5. The minimum absolute atomic E-state index is 0.0234. The fourth-order valence-corrected chi connectivity index (χ4v) is 14.1. The molecule has 0 spiro atoms. The van der Waals surface area contributed by atoms with E-state index < -0.39 is 92.6 Å². The van der Waals surface area contributed by atoms with Crippen LogP contribution >= 0.6 is 11.6 Å². The maximum atomic E-state index is 14.2. The third-order valence-corrected chi connectivity index (χ3v) is 20.6. The maximum absolute atomic E-state index is 14.2. The van der Waals surface area contributed by atoms with E-state index in [1.165, 1.54) is 70.4 Å². The molecule has 2 atom stereocenters. The molecule has 4 amide bonds. The third kappa shape index (κ3) is 14.4. The number of pyridine rings is 4. The monoisotopic (exact) mass is 1740 g/mol. The van der Waals surface area contributed by atoms with Gasteiger partial charge in [0.15, 0.2) is 45.9 Å². The molecule has 0 saturated heterocycles. The second-order valence-corrected chi connectivity index (χ2v) is 28.3. The molecule has 16 heterocycles. The van der Waals surface area contributed by atoms with Crippen LogP contribution in [0.2, 0.25) is 0 Å². The lowest BCUT2D eigenvalue weighted by atomic mass is 9.89. The van der Waals surface area contributed by atoms with E-state index in [0.717, 1.165) is 10.9 Å². The number of rotatable bonds is 14. The number of halogens is 15. The van der Waals surface area contributed by atoms with Crippen LogP contribution in [0.25, 0.3) is 90.2 Å². The smallest absolute Gasteiger partial charge is 0.370 e. The summed E-state index contributed by atoms with van der Waals surface area (Å²) in [6, 6.07) is 38.5. The number of alkyl halides is 11. The van der Waals surface area contributed by atoms with Crippen molar-refractivity contribution < 1.29 is 90.5 Å². The molecule has 4 aromatic carbocycles. The minimum atomic E-state index is -6.23. The predicted octanol–water partition coefficient (Wildman–Crippen LogP) is 12.9. The molecular formula is C80H47ClF14N24O6. The number of aromatic nitrogens is 20. The molecule has 0 bridgehead atoms. The van der Waals surface area contributed by atoms with Gasteiger partial charge in [-0.3, -0.25) is 24.0 Å². The largest absolute Gasteiger partial charge is 0.457 e. The number of benzene rings is 4. The first-order chi connectivity index (χ1) is 59.7. The Bertz CT molecular complexity index is 6910. The number of anilines is 4. The SMILES string of the molecule is O=C1Cc2cnc(-c3nn(Cc4ccccc4F)c4ncccc34)nc2N1.O=C1Nc2nc(-c3nn(Cc4ccccc4F)c4ncccc34)ncc2C1(Cl)C(F)(F)C(F)(F)F.O=C1Nc2nc(-c3nn(Cc4ccccc4F)c4ncccc34)ncc2C1(O)C(F)(F)C(F)(F)F.O=C1Nc2nc(-c3nn(Cc4ccccc4F)c4ncccc34)ncc2C1=O. The molecule has 0 fully saturated rings. The summed E-state index contributed by atoms with van der Waals surface area (Å²) in [6.07, 6.45) is -1.79. The van der Waals surface area contributed by atoms with E-state index in [4.69, 9.17) is 11.6 Å².